The molecule has 0 aliphatic carbocycles. The quantitative estimate of drug-likeness (QED) is 0.808. The van der Waals surface area contributed by atoms with Gasteiger partial charge in [0.2, 0.25) is 5.89 Å². The van der Waals surface area contributed by atoms with Crippen LogP contribution in [0.5, 0.6) is 5.75 Å². The summed E-state index contributed by atoms with van der Waals surface area (Å²) in [5.74, 6) is -0.983. The Morgan fingerprint density at radius 1 is 1.53 bits per heavy atom. The average Bonchev–Trinajstić information content (AvgIpc) is 2.66. The summed E-state index contributed by atoms with van der Waals surface area (Å²) in [7, 11) is 1.35. The smallest absolute Gasteiger partial charge is 0.434 e. The maximum atomic E-state index is 13.0. The van der Waals surface area contributed by atoms with Crippen LogP contribution in [-0.2, 0) is 0 Å². The molecule has 1 N–H and O–H groups in total. The Morgan fingerprint density at radius 2 is 2.33 bits per heavy atom. The predicted molar refractivity (Wildman–Crippen MR) is 49.1 cm³/mol. The number of hydrogen-bond donors (Lipinski definition) is 1. The molecule has 1 aromatic heterocycles. The second-order valence-corrected chi connectivity index (χ2v) is 2.77. The molecule has 0 atom stereocenters. The van der Waals surface area contributed by atoms with Gasteiger partial charge in [-0.3, -0.25) is 0 Å². The summed E-state index contributed by atoms with van der Waals surface area (Å²) in [6, 6.07) is 4.05. The highest BCUT2D eigenvalue weighted by atomic mass is 19.1. The van der Waals surface area contributed by atoms with Crippen LogP contribution in [0.4, 0.5) is 4.39 Å². The van der Waals surface area contributed by atoms with Gasteiger partial charge in [0, 0.05) is 5.56 Å². The van der Waals surface area contributed by atoms with Crippen LogP contribution in [0, 0.1) is 5.82 Å². The van der Waals surface area contributed by atoms with E-state index < -0.39 is 11.6 Å². The number of nitrogens with one attached hydrogen (secondary N) is 1. The van der Waals surface area contributed by atoms with Gasteiger partial charge in [-0.2, -0.15) is 0 Å². The van der Waals surface area contributed by atoms with Crippen LogP contribution in [0.15, 0.2) is 27.4 Å². The lowest BCUT2D eigenvalue weighted by Gasteiger charge is -2.02. The number of methoxy groups -OCH3 is 1. The molecule has 0 spiro atoms. The summed E-state index contributed by atoms with van der Waals surface area (Å²) in [6.45, 7) is 0. The molecule has 15 heavy (non-hydrogen) atoms. The Bertz CT molecular complexity index is 532. The third-order valence-corrected chi connectivity index (χ3v) is 1.84. The molecule has 0 saturated carbocycles. The van der Waals surface area contributed by atoms with Gasteiger partial charge in [0.1, 0.15) is 0 Å². The lowest BCUT2D eigenvalue weighted by atomic mass is 10.2. The van der Waals surface area contributed by atoms with Gasteiger partial charge in [-0.05, 0) is 18.2 Å². The van der Waals surface area contributed by atoms with Crippen LogP contribution in [-0.4, -0.2) is 17.3 Å². The van der Waals surface area contributed by atoms with Crippen molar-refractivity contribution in [1.29, 1.82) is 0 Å². The average molecular weight is 210 g/mol. The van der Waals surface area contributed by atoms with Gasteiger partial charge >= 0.3 is 5.76 Å². The van der Waals surface area contributed by atoms with E-state index >= 15 is 0 Å². The van der Waals surface area contributed by atoms with Gasteiger partial charge < -0.3 is 9.15 Å². The van der Waals surface area contributed by atoms with Crippen molar-refractivity contribution in [1.82, 2.24) is 10.2 Å². The SMILES string of the molecule is COc1cc(-c2n[nH]c(=O)o2)ccc1F. The van der Waals surface area contributed by atoms with Gasteiger partial charge in [-0.15, -0.1) is 5.10 Å². The highest BCUT2D eigenvalue weighted by Crippen LogP contribution is 2.23. The van der Waals surface area contributed by atoms with Crippen molar-refractivity contribution in [2.75, 3.05) is 7.11 Å². The largest absolute Gasteiger partial charge is 0.494 e. The van der Waals surface area contributed by atoms with E-state index in [1.165, 1.54) is 25.3 Å². The normalized spacial score (nSPS) is 10.3. The van der Waals surface area contributed by atoms with Crippen molar-refractivity contribution in [2.24, 2.45) is 0 Å². The van der Waals surface area contributed by atoms with Crippen molar-refractivity contribution in [3.63, 3.8) is 0 Å². The first kappa shape index (κ1) is 9.45. The van der Waals surface area contributed by atoms with E-state index in [0.29, 0.717) is 5.56 Å². The summed E-state index contributed by atoms with van der Waals surface area (Å²) < 4.78 is 22.5. The minimum Gasteiger partial charge on any atom is -0.494 e. The zero-order valence-electron chi connectivity index (χ0n) is 7.78. The third kappa shape index (κ3) is 1.74. The van der Waals surface area contributed by atoms with Crippen LogP contribution in [0.2, 0.25) is 0 Å². The Kier molecular flexibility index (Phi) is 2.24. The Hall–Kier alpha value is -2.11. The number of halogens is 1. The number of H-pyrrole nitrogens is 1. The Balaban J connectivity index is 2.50. The molecule has 0 unspecified atom stereocenters. The van der Waals surface area contributed by atoms with Gasteiger partial charge in [0.15, 0.2) is 11.6 Å². The zero-order chi connectivity index (χ0) is 10.8. The minimum absolute atomic E-state index is 0.0677. The molecule has 78 valence electrons. The van der Waals surface area contributed by atoms with Crippen LogP contribution < -0.4 is 10.5 Å². The van der Waals surface area contributed by atoms with E-state index in [1.807, 2.05) is 0 Å². The van der Waals surface area contributed by atoms with E-state index in [2.05, 4.69) is 10.2 Å². The number of nitrogens with zero attached hydrogens (tertiary/aromatic N) is 1. The third-order valence-electron chi connectivity index (χ3n) is 1.84. The fourth-order valence-electron chi connectivity index (χ4n) is 1.15. The first-order chi connectivity index (χ1) is 7.20. The van der Waals surface area contributed by atoms with Crippen LogP contribution in [0.1, 0.15) is 0 Å². The van der Waals surface area contributed by atoms with Crippen LogP contribution >= 0.6 is 0 Å². The number of benzene rings is 1. The molecule has 2 rings (SSSR count). The highest BCUT2D eigenvalue weighted by Gasteiger charge is 2.09. The predicted octanol–water partition coefficient (Wildman–Crippen LogP) is 1.18. The maximum absolute atomic E-state index is 13.0. The fraction of sp³-hybridized carbons (Fsp3) is 0.111. The lowest BCUT2D eigenvalue weighted by molar-refractivity contribution is 0.386. The summed E-state index contributed by atoms with van der Waals surface area (Å²) >= 11 is 0. The van der Waals surface area contributed by atoms with Crippen LogP contribution in [0.3, 0.4) is 0 Å². The zero-order valence-corrected chi connectivity index (χ0v) is 7.78. The molecule has 5 nitrogen and oxygen atoms in total. The number of aromatic nitrogens is 2. The summed E-state index contributed by atoms with van der Waals surface area (Å²) in [4.78, 5) is 10.7. The van der Waals surface area contributed by atoms with Gasteiger partial charge in [0.05, 0.1) is 7.11 Å². The molecule has 1 aromatic carbocycles. The molecule has 0 amide bonds. The fourth-order valence-corrected chi connectivity index (χ4v) is 1.15. The van der Waals surface area contributed by atoms with Gasteiger partial charge in [0.25, 0.3) is 0 Å². The molecule has 2 aromatic rings. The number of hydrogen-bond acceptors (Lipinski definition) is 4. The molecular formula is C9H7FN2O3. The lowest BCUT2D eigenvalue weighted by Crippen LogP contribution is -1.93. The van der Waals surface area contributed by atoms with Crippen molar-refractivity contribution in [2.45, 2.75) is 0 Å². The summed E-state index contributed by atoms with van der Waals surface area (Å²) in [6.07, 6.45) is 0. The van der Waals surface area contributed by atoms with Gasteiger partial charge in [-0.1, -0.05) is 0 Å². The standard InChI is InChI=1S/C9H7FN2O3/c1-14-7-4-5(2-3-6(7)10)8-11-12-9(13)15-8/h2-4H,1H3,(H,12,13). The Morgan fingerprint density at radius 3 is 2.93 bits per heavy atom. The summed E-state index contributed by atoms with van der Waals surface area (Å²) in [5.41, 5.74) is 0.464. The maximum Gasteiger partial charge on any atom is 0.434 e. The first-order valence-corrected chi connectivity index (χ1v) is 4.10. The molecule has 6 heteroatoms. The summed E-state index contributed by atoms with van der Waals surface area (Å²) in [5, 5.41) is 5.72. The van der Waals surface area contributed by atoms with E-state index in [-0.39, 0.29) is 11.6 Å². The molecular weight excluding hydrogens is 203 g/mol. The van der Waals surface area contributed by atoms with Crippen molar-refractivity contribution < 1.29 is 13.5 Å². The monoisotopic (exact) mass is 210 g/mol. The second kappa shape index (κ2) is 3.56. The van der Waals surface area contributed by atoms with E-state index in [9.17, 15) is 9.18 Å². The second-order valence-electron chi connectivity index (χ2n) is 2.77. The van der Waals surface area contributed by atoms with Crippen molar-refractivity contribution in [3.05, 3.63) is 34.6 Å². The van der Waals surface area contributed by atoms with Crippen molar-refractivity contribution >= 4 is 0 Å². The molecule has 0 fully saturated rings. The molecule has 0 saturated heterocycles. The van der Waals surface area contributed by atoms with E-state index in [1.54, 1.807) is 0 Å². The molecule has 0 radical (unpaired) electrons. The molecule has 0 aliphatic heterocycles. The number of ether oxygens (including phenoxy) is 1. The highest BCUT2D eigenvalue weighted by molar-refractivity contribution is 5.55. The molecule has 0 bridgehead atoms. The number of aromatic amines is 1. The van der Waals surface area contributed by atoms with E-state index in [4.69, 9.17) is 9.15 Å². The topological polar surface area (TPSA) is 68.1 Å². The molecule has 0 aliphatic rings. The molecule has 1 heterocycles. The van der Waals surface area contributed by atoms with E-state index in [0.717, 1.165) is 0 Å². The minimum atomic E-state index is -0.659. The first-order valence-electron chi connectivity index (χ1n) is 4.10. The van der Waals surface area contributed by atoms with Crippen molar-refractivity contribution in [3.8, 4) is 17.2 Å². The van der Waals surface area contributed by atoms with Gasteiger partial charge in [-0.25, -0.2) is 14.3 Å². The van der Waals surface area contributed by atoms with Crippen LogP contribution in [0.25, 0.3) is 11.5 Å². The Labute approximate surface area is 83.5 Å². The number of rotatable bonds is 2.